The van der Waals surface area contributed by atoms with Crippen LogP contribution >= 0.6 is 0 Å². The normalized spacial score (nSPS) is 14.6. The Hall–Kier alpha value is -3.75. The van der Waals surface area contributed by atoms with Gasteiger partial charge in [-0.2, -0.15) is 10.2 Å². The van der Waals surface area contributed by atoms with Crippen LogP contribution in [0.4, 0.5) is 5.69 Å². The molecule has 0 unspecified atom stereocenters. The van der Waals surface area contributed by atoms with Crippen molar-refractivity contribution in [2.75, 3.05) is 18.0 Å². The van der Waals surface area contributed by atoms with E-state index in [1.165, 1.54) is 19.3 Å². The number of aryl methyl sites for hydroxylation is 2. The Balaban J connectivity index is 1.46. The van der Waals surface area contributed by atoms with Crippen LogP contribution in [0.5, 0.6) is 0 Å². The zero-order chi connectivity index (χ0) is 21.7. The minimum atomic E-state index is 0.676. The van der Waals surface area contributed by atoms with Gasteiger partial charge in [0.2, 0.25) is 0 Å². The maximum atomic E-state index is 4.95. The van der Waals surface area contributed by atoms with E-state index >= 15 is 0 Å². The highest BCUT2D eigenvalue weighted by Gasteiger charge is 2.20. The van der Waals surface area contributed by atoms with E-state index in [-0.39, 0.29) is 0 Å². The van der Waals surface area contributed by atoms with Gasteiger partial charge in [-0.1, -0.05) is 6.92 Å². The molecular formula is C23H25N9. The summed E-state index contributed by atoms with van der Waals surface area (Å²) in [5, 5.41) is 12.2. The molecule has 162 valence electrons. The number of rotatable bonds is 4. The quantitative estimate of drug-likeness (QED) is 0.451. The second-order valence-corrected chi connectivity index (χ2v) is 8.34. The van der Waals surface area contributed by atoms with E-state index in [4.69, 9.17) is 9.97 Å². The maximum absolute atomic E-state index is 4.95. The Labute approximate surface area is 184 Å². The molecule has 5 aromatic rings. The van der Waals surface area contributed by atoms with Crippen molar-refractivity contribution in [3.8, 4) is 22.8 Å². The summed E-state index contributed by atoms with van der Waals surface area (Å²) >= 11 is 0. The van der Waals surface area contributed by atoms with Gasteiger partial charge < -0.3 is 9.88 Å². The minimum Gasteiger partial charge on any atom is -0.370 e. The average Bonchev–Trinajstić information content (AvgIpc) is 3.54. The van der Waals surface area contributed by atoms with E-state index in [2.05, 4.69) is 43.2 Å². The van der Waals surface area contributed by atoms with Gasteiger partial charge in [0, 0.05) is 38.1 Å². The third-order valence-electron chi connectivity index (χ3n) is 6.21. The van der Waals surface area contributed by atoms with Crippen LogP contribution in [0, 0.1) is 0 Å². The third-order valence-corrected chi connectivity index (χ3v) is 6.21. The van der Waals surface area contributed by atoms with Crippen LogP contribution in [-0.4, -0.2) is 53.0 Å². The number of H-pyrrole nitrogens is 2. The van der Waals surface area contributed by atoms with Crippen molar-refractivity contribution in [2.24, 2.45) is 7.05 Å². The first kappa shape index (κ1) is 19.0. The molecule has 9 nitrogen and oxygen atoms in total. The molecule has 0 spiro atoms. The number of nitrogens with zero attached hydrogens (tertiary/aromatic N) is 7. The number of aromatic nitrogens is 8. The number of hydrogen-bond acceptors (Lipinski definition) is 6. The molecule has 6 rings (SSSR count). The Kier molecular flexibility index (Phi) is 4.41. The standard InChI is InChI=1S/C23H25N9/c1-3-15-14(13-31(2)30-15)16-7-8-17-19(25-16)21(29-28-17)23-26-20-18(9-10-24-22(20)27-23)32-11-5-4-6-12-32/h7-10,13H,3-6,11-12H2,1-2H3,(H,28,29)(H,24,26,27). The molecule has 0 saturated carbocycles. The van der Waals surface area contributed by atoms with E-state index in [0.717, 1.165) is 58.7 Å². The molecule has 5 aromatic heterocycles. The summed E-state index contributed by atoms with van der Waals surface area (Å²) in [5.41, 5.74) is 8.13. The van der Waals surface area contributed by atoms with Gasteiger partial charge in [-0.25, -0.2) is 15.0 Å². The first-order valence-electron chi connectivity index (χ1n) is 11.2. The lowest BCUT2D eigenvalue weighted by Gasteiger charge is -2.28. The van der Waals surface area contributed by atoms with E-state index in [0.29, 0.717) is 17.2 Å². The van der Waals surface area contributed by atoms with Crippen LogP contribution < -0.4 is 4.90 Å². The molecule has 0 atom stereocenters. The van der Waals surface area contributed by atoms with Gasteiger partial charge in [0.25, 0.3) is 0 Å². The van der Waals surface area contributed by atoms with E-state index in [1.54, 1.807) is 0 Å². The summed E-state index contributed by atoms with van der Waals surface area (Å²) in [7, 11) is 1.94. The summed E-state index contributed by atoms with van der Waals surface area (Å²) in [6.45, 7) is 4.23. The summed E-state index contributed by atoms with van der Waals surface area (Å²) < 4.78 is 1.84. The van der Waals surface area contributed by atoms with Crippen molar-refractivity contribution < 1.29 is 0 Å². The fraction of sp³-hybridized carbons (Fsp3) is 0.348. The lowest BCUT2D eigenvalue weighted by molar-refractivity contribution is 0.578. The SMILES string of the molecule is CCc1nn(C)cc1-c1ccc2[nH]nc(-c3nc4nccc(N5CCCCC5)c4[nH]3)c2n1. The van der Waals surface area contributed by atoms with Crippen LogP contribution in [-0.2, 0) is 13.5 Å². The lowest BCUT2D eigenvalue weighted by Crippen LogP contribution is -2.29. The fourth-order valence-electron chi connectivity index (χ4n) is 4.63. The highest BCUT2D eigenvalue weighted by molar-refractivity contribution is 5.93. The smallest absolute Gasteiger partial charge is 0.180 e. The first-order valence-corrected chi connectivity index (χ1v) is 11.2. The Bertz CT molecular complexity index is 1420. The van der Waals surface area contributed by atoms with Gasteiger partial charge in [0.15, 0.2) is 17.2 Å². The number of fused-ring (bicyclic) bond motifs is 2. The molecule has 1 fully saturated rings. The van der Waals surface area contributed by atoms with Crippen LogP contribution in [0.2, 0.25) is 0 Å². The molecule has 32 heavy (non-hydrogen) atoms. The molecule has 2 N–H and O–H groups in total. The van der Waals surface area contributed by atoms with Crippen molar-refractivity contribution in [1.29, 1.82) is 0 Å². The number of anilines is 1. The van der Waals surface area contributed by atoms with Crippen LogP contribution in [0.3, 0.4) is 0 Å². The molecule has 0 amide bonds. The predicted octanol–water partition coefficient (Wildman–Crippen LogP) is 3.85. The van der Waals surface area contributed by atoms with Crippen LogP contribution in [0.15, 0.2) is 30.6 Å². The summed E-state index contributed by atoms with van der Waals surface area (Å²) in [6, 6.07) is 6.10. The van der Waals surface area contributed by atoms with Crippen molar-refractivity contribution in [1.82, 2.24) is 39.9 Å². The Morgan fingerprint density at radius 1 is 1.06 bits per heavy atom. The van der Waals surface area contributed by atoms with E-state index in [9.17, 15) is 0 Å². The van der Waals surface area contributed by atoms with Gasteiger partial charge in [-0.05, 0) is 43.9 Å². The summed E-state index contributed by atoms with van der Waals surface area (Å²) in [4.78, 5) is 20.1. The van der Waals surface area contributed by atoms with Crippen molar-refractivity contribution in [3.05, 3.63) is 36.3 Å². The number of aromatic amines is 2. The van der Waals surface area contributed by atoms with Gasteiger partial charge in [-0.15, -0.1) is 0 Å². The van der Waals surface area contributed by atoms with Crippen LogP contribution in [0.25, 0.3) is 45.0 Å². The van der Waals surface area contributed by atoms with Crippen LogP contribution in [0.1, 0.15) is 31.9 Å². The molecule has 1 aliphatic rings. The number of imidazole rings is 1. The van der Waals surface area contributed by atoms with Crippen molar-refractivity contribution in [2.45, 2.75) is 32.6 Å². The van der Waals surface area contributed by atoms with Crippen molar-refractivity contribution in [3.63, 3.8) is 0 Å². The van der Waals surface area contributed by atoms with Gasteiger partial charge in [-0.3, -0.25) is 9.78 Å². The monoisotopic (exact) mass is 427 g/mol. The molecule has 0 aromatic carbocycles. The Morgan fingerprint density at radius 3 is 2.78 bits per heavy atom. The lowest BCUT2D eigenvalue weighted by atomic mass is 10.1. The third kappa shape index (κ3) is 3.04. The fourth-order valence-corrected chi connectivity index (χ4v) is 4.63. The molecule has 1 saturated heterocycles. The zero-order valence-corrected chi connectivity index (χ0v) is 18.3. The predicted molar refractivity (Wildman–Crippen MR) is 124 cm³/mol. The second-order valence-electron chi connectivity index (χ2n) is 8.34. The Morgan fingerprint density at radius 2 is 1.94 bits per heavy atom. The average molecular weight is 428 g/mol. The molecule has 0 bridgehead atoms. The van der Waals surface area contributed by atoms with Gasteiger partial charge >= 0.3 is 0 Å². The number of hydrogen-bond donors (Lipinski definition) is 2. The minimum absolute atomic E-state index is 0.676. The first-order chi connectivity index (χ1) is 15.7. The zero-order valence-electron chi connectivity index (χ0n) is 18.3. The maximum Gasteiger partial charge on any atom is 0.180 e. The molecule has 0 aliphatic carbocycles. The highest BCUT2D eigenvalue weighted by atomic mass is 15.3. The van der Waals surface area contributed by atoms with E-state index in [1.807, 2.05) is 36.3 Å². The number of nitrogens with one attached hydrogen (secondary N) is 2. The number of piperidine rings is 1. The van der Waals surface area contributed by atoms with E-state index < -0.39 is 0 Å². The largest absolute Gasteiger partial charge is 0.370 e. The molecule has 6 heterocycles. The highest BCUT2D eigenvalue weighted by Crippen LogP contribution is 2.31. The number of pyridine rings is 2. The summed E-state index contributed by atoms with van der Waals surface area (Å²) in [6.07, 6.45) is 8.43. The molecule has 1 aliphatic heterocycles. The summed E-state index contributed by atoms with van der Waals surface area (Å²) in [5.74, 6) is 0.676. The van der Waals surface area contributed by atoms with Gasteiger partial charge in [0.1, 0.15) is 11.0 Å². The van der Waals surface area contributed by atoms with Crippen molar-refractivity contribution >= 4 is 27.9 Å². The topological polar surface area (TPSA) is 104 Å². The molecule has 9 heteroatoms. The molecule has 0 radical (unpaired) electrons. The molecular weight excluding hydrogens is 402 g/mol. The second kappa shape index (κ2) is 7.44. The van der Waals surface area contributed by atoms with Gasteiger partial charge in [0.05, 0.1) is 22.6 Å².